The van der Waals surface area contributed by atoms with Crippen LogP contribution >= 0.6 is 23.2 Å². The van der Waals surface area contributed by atoms with E-state index in [9.17, 15) is 9.59 Å². The van der Waals surface area contributed by atoms with Crippen LogP contribution in [0, 0.1) is 5.92 Å². The van der Waals surface area contributed by atoms with Crippen molar-refractivity contribution in [2.45, 2.75) is 12.8 Å². The number of fused-ring (bicyclic) bond motifs is 1. The number of Topliss-reactive ketones (excluding diaryl/α,β-unsaturated/α-hetero) is 1. The molecule has 4 rings (SSSR count). The monoisotopic (exact) mass is 445 g/mol. The Bertz CT molecular complexity index is 997. The molecule has 1 fully saturated rings. The minimum atomic E-state index is -0.108. The molecule has 1 saturated heterocycles. The van der Waals surface area contributed by atoms with E-state index in [1.165, 1.54) is 6.08 Å². The molecule has 5 nitrogen and oxygen atoms in total. The van der Waals surface area contributed by atoms with E-state index in [2.05, 4.69) is 0 Å². The number of ketones is 1. The summed E-state index contributed by atoms with van der Waals surface area (Å²) in [4.78, 5) is 27.2. The van der Waals surface area contributed by atoms with E-state index in [1.807, 2.05) is 0 Å². The number of halogens is 2. The van der Waals surface area contributed by atoms with E-state index in [1.54, 1.807) is 47.4 Å². The van der Waals surface area contributed by atoms with Crippen LogP contribution in [0.3, 0.4) is 0 Å². The fourth-order valence-electron chi connectivity index (χ4n) is 3.71. The summed E-state index contributed by atoms with van der Waals surface area (Å²) in [6, 6.07) is 10.6. The Morgan fingerprint density at radius 2 is 1.73 bits per heavy atom. The Kier molecular flexibility index (Phi) is 6.30. The number of amides is 1. The molecule has 30 heavy (non-hydrogen) atoms. The summed E-state index contributed by atoms with van der Waals surface area (Å²) in [6.07, 6.45) is 4.43. The van der Waals surface area contributed by atoms with E-state index in [0.717, 1.165) is 0 Å². The standard InChI is InChI=1S/C23H21Cl2NO4/c24-18-3-1-2-15(22(18)25)5-7-21(27)26-10-8-16(9-11-26)23(28)17-4-6-19-20(14-17)30-13-12-29-19/h1-7,14,16H,8-13H2. The van der Waals surface area contributed by atoms with Crippen LogP contribution in [0.1, 0.15) is 28.8 Å². The lowest BCUT2D eigenvalue weighted by molar-refractivity contribution is -0.127. The Labute approximate surface area is 185 Å². The predicted molar refractivity (Wildman–Crippen MR) is 117 cm³/mol. The van der Waals surface area contributed by atoms with Crippen LogP contribution < -0.4 is 9.47 Å². The Morgan fingerprint density at radius 1 is 1.00 bits per heavy atom. The van der Waals surface area contributed by atoms with Gasteiger partial charge in [0.05, 0.1) is 10.0 Å². The molecular formula is C23H21Cl2NO4. The third-order valence-corrected chi connectivity index (χ3v) is 6.22. The fourth-order valence-corrected chi connectivity index (χ4v) is 4.08. The number of benzene rings is 2. The zero-order valence-electron chi connectivity index (χ0n) is 16.3. The third kappa shape index (κ3) is 4.47. The van der Waals surface area contributed by atoms with Gasteiger partial charge in [0.2, 0.25) is 5.91 Å². The van der Waals surface area contributed by atoms with Gasteiger partial charge in [-0.2, -0.15) is 0 Å². The van der Waals surface area contributed by atoms with Gasteiger partial charge in [0, 0.05) is 30.6 Å². The quantitative estimate of drug-likeness (QED) is 0.495. The highest BCUT2D eigenvalue weighted by atomic mass is 35.5. The second-order valence-electron chi connectivity index (χ2n) is 7.30. The maximum absolute atomic E-state index is 12.9. The predicted octanol–water partition coefficient (Wildman–Crippen LogP) is 4.90. The van der Waals surface area contributed by atoms with Crippen LogP contribution in [0.5, 0.6) is 11.5 Å². The molecule has 0 aromatic heterocycles. The van der Waals surface area contributed by atoms with Gasteiger partial charge in [-0.05, 0) is 48.7 Å². The summed E-state index contributed by atoms with van der Waals surface area (Å²) in [5.74, 6) is 1.16. The maximum atomic E-state index is 12.9. The van der Waals surface area contributed by atoms with Crippen LogP contribution in [-0.4, -0.2) is 42.9 Å². The molecular weight excluding hydrogens is 425 g/mol. The van der Waals surface area contributed by atoms with Gasteiger partial charge in [0.15, 0.2) is 17.3 Å². The summed E-state index contributed by atoms with van der Waals surface area (Å²) in [7, 11) is 0. The molecule has 2 aromatic rings. The van der Waals surface area contributed by atoms with Gasteiger partial charge in [-0.3, -0.25) is 9.59 Å². The molecule has 0 N–H and O–H groups in total. The minimum absolute atomic E-state index is 0.0836. The van der Waals surface area contributed by atoms with E-state index in [0.29, 0.717) is 71.8 Å². The van der Waals surface area contributed by atoms with Crippen molar-refractivity contribution < 1.29 is 19.1 Å². The average Bonchev–Trinajstić information content (AvgIpc) is 2.79. The number of hydrogen-bond acceptors (Lipinski definition) is 4. The zero-order valence-corrected chi connectivity index (χ0v) is 17.8. The molecule has 2 aliphatic heterocycles. The number of rotatable bonds is 4. The first-order valence-electron chi connectivity index (χ1n) is 9.88. The molecule has 2 aromatic carbocycles. The van der Waals surface area contributed by atoms with Crippen molar-refractivity contribution in [1.82, 2.24) is 4.90 Å². The van der Waals surface area contributed by atoms with Gasteiger partial charge in [0.25, 0.3) is 0 Å². The molecule has 156 valence electrons. The molecule has 0 atom stereocenters. The average molecular weight is 446 g/mol. The first kappa shape index (κ1) is 20.8. The van der Waals surface area contributed by atoms with Crippen LogP contribution in [0.25, 0.3) is 6.08 Å². The molecule has 7 heteroatoms. The summed E-state index contributed by atoms with van der Waals surface area (Å²) < 4.78 is 11.1. The SMILES string of the molecule is O=C(c1ccc2c(c1)OCCO2)C1CCN(C(=O)C=Cc2cccc(Cl)c2Cl)CC1. The fraction of sp³-hybridized carbons (Fsp3) is 0.304. The minimum Gasteiger partial charge on any atom is -0.486 e. The van der Waals surface area contributed by atoms with Crippen molar-refractivity contribution in [3.8, 4) is 11.5 Å². The second-order valence-corrected chi connectivity index (χ2v) is 8.08. The topological polar surface area (TPSA) is 55.8 Å². The highest BCUT2D eigenvalue weighted by Crippen LogP contribution is 2.32. The summed E-state index contributed by atoms with van der Waals surface area (Å²) in [5.41, 5.74) is 1.32. The van der Waals surface area contributed by atoms with Crippen LogP contribution in [0.2, 0.25) is 10.0 Å². The zero-order chi connectivity index (χ0) is 21.1. The summed E-state index contributed by atoms with van der Waals surface area (Å²) in [6.45, 7) is 2.07. The number of ether oxygens (including phenoxy) is 2. The van der Waals surface area contributed by atoms with E-state index in [-0.39, 0.29) is 17.6 Å². The Hall–Kier alpha value is -2.50. The number of piperidine rings is 1. The Balaban J connectivity index is 1.35. The van der Waals surface area contributed by atoms with Gasteiger partial charge in [-0.1, -0.05) is 35.3 Å². The summed E-state index contributed by atoms with van der Waals surface area (Å²) in [5, 5.41) is 0.872. The number of likely N-dealkylation sites (tertiary alicyclic amines) is 1. The number of hydrogen-bond donors (Lipinski definition) is 0. The first-order chi connectivity index (χ1) is 14.5. The highest BCUT2D eigenvalue weighted by molar-refractivity contribution is 6.42. The van der Waals surface area contributed by atoms with Gasteiger partial charge in [0.1, 0.15) is 13.2 Å². The highest BCUT2D eigenvalue weighted by Gasteiger charge is 2.28. The normalized spacial score (nSPS) is 16.7. The summed E-state index contributed by atoms with van der Waals surface area (Å²) >= 11 is 12.2. The van der Waals surface area contributed by atoms with E-state index < -0.39 is 0 Å². The molecule has 2 aliphatic rings. The Morgan fingerprint density at radius 3 is 2.50 bits per heavy atom. The van der Waals surface area contributed by atoms with Gasteiger partial charge < -0.3 is 14.4 Å². The van der Waals surface area contributed by atoms with Crippen LogP contribution in [-0.2, 0) is 4.79 Å². The van der Waals surface area contributed by atoms with Gasteiger partial charge in [-0.25, -0.2) is 0 Å². The van der Waals surface area contributed by atoms with Crippen molar-refractivity contribution in [3.05, 3.63) is 63.6 Å². The van der Waals surface area contributed by atoms with Crippen LogP contribution in [0.4, 0.5) is 0 Å². The largest absolute Gasteiger partial charge is 0.486 e. The van der Waals surface area contributed by atoms with Crippen molar-refractivity contribution >= 4 is 41.0 Å². The molecule has 0 radical (unpaired) electrons. The second kappa shape index (κ2) is 9.11. The third-order valence-electron chi connectivity index (χ3n) is 5.39. The molecule has 0 spiro atoms. The lowest BCUT2D eigenvalue weighted by atomic mass is 9.88. The van der Waals surface area contributed by atoms with Crippen LogP contribution in [0.15, 0.2) is 42.5 Å². The van der Waals surface area contributed by atoms with Crippen molar-refractivity contribution in [1.29, 1.82) is 0 Å². The molecule has 1 amide bonds. The van der Waals surface area contributed by atoms with E-state index >= 15 is 0 Å². The lowest BCUT2D eigenvalue weighted by Gasteiger charge is -2.30. The van der Waals surface area contributed by atoms with Crippen molar-refractivity contribution in [3.63, 3.8) is 0 Å². The molecule has 0 aliphatic carbocycles. The smallest absolute Gasteiger partial charge is 0.246 e. The van der Waals surface area contributed by atoms with Crippen molar-refractivity contribution in [2.24, 2.45) is 5.92 Å². The lowest BCUT2D eigenvalue weighted by Crippen LogP contribution is -2.39. The van der Waals surface area contributed by atoms with Crippen molar-refractivity contribution in [2.75, 3.05) is 26.3 Å². The molecule has 0 saturated carbocycles. The molecule has 2 heterocycles. The molecule has 0 bridgehead atoms. The number of carbonyl (C=O) groups excluding carboxylic acids is 2. The first-order valence-corrected chi connectivity index (χ1v) is 10.6. The van der Waals surface area contributed by atoms with Gasteiger partial charge >= 0.3 is 0 Å². The number of carbonyl (C=O) groups is 2. The van der Waals surface area contributed by atoms with E-state index in [4.69, 9.17) is 32.7 Å². The van der Waals surface area contributed by atoms with Gasteiger partial charge in [-0.15, -0.1) is 0 Å². The molecule has 0 unspecified atom stereocenters. The number of nitrogens with zero attached hydrogens (tertiary/aromatic N) is 1. The maximum Gasteiger partial charge on any atom is 0.246 e.